The number of rotatable bonds is 4. The van der Waals surface area contributed by atoms with E-state index in [-0.39, 0.29) is 85.6 Å². The van der Waals surface area contributed by atoms with Crippen molar-refractivity contribution in [1.29, 1.82) is 0 Å². The summed E-state index contributed by atoms with van der Waals surface area (Å²) in [6, 6.07) is 32.9. The molecule has 0 atom stereocenters. The van der Waals surface area contributed by atoms with Crippen molar-refractivity contribution in [3.8, 4) is 44.5 Å². The molecule has 5 heterocycles. The summed E-state index contributed by atoms with van der Waals surface area (Å²) in [5.74, 6) is -3.07. The van der Waals surface area contributed by atoms with Crippen LogP contribution in [0.15, 0.2) is 97.1 Å². The van der Waals surface area contributed by atoms with Gasteiger partial charge in [-0.3, -0.25) is 19.2 Å². The number of carbonyl (C=O) groups excluding carboxylic acids is 4. The molecule has 0 N–H and O–H groups in total. The van der Waals surface area contributed by atoms with Gasteiger partial charge in [0.25, 0.3) is 23.1 Å². The van der Waals surface area contributed by atoms with E-state index in [9.17, 15) is 0 Å². The summed E-state index contributed by atoms with van der Waals surface area (Å²) >= 11 is 0. The van der Waals surface area contributed by atoms with Crippen molar-refractivity contribution in [2.24, 2.45) is 0 Å². The fraction of sp³-hybridized carbons (Fsp3) is 0.421. The molecule has 8 nitrogen and oxygen atoms in total. The van der Waals surface area contributed by atoms with Gasteiger partial charge in [0.2, 0.25) is 0 Å². The molecule has 0 amide bonds. The van der Waals surface area contributed by atoms with E-state index < -0.39 is 23.1 Å². The molecular formula is C76H88N4O4Zn. The first-order valence-electron chi connectivity index (χ1n) is 29.9. The summed E-state index contributed by atoms with van der Waals surface area (Å²) in [4.78, 5) is 84.0. The summed E-state index contributed by atoms with van der Waals surface area (Å²) < 4.78 is 0. The third-order valence-electron chi connectivity index (χ3n) is 16.8. The predicted octanol–water partition coefficient (Wildman–Crippen LogP) is 18.7. The number of nitrogens with zero attached hydrogens (tertiary/aromatic N) is 4. The number of hydrogen-bond donors (Lipinski definition) is 0. The predicted molar refractivity (Wildman–Crippen MR) is 348 cm³/mol. The molecular weight excluding hydrogens is 1100 g/mol. The van der Waals surface area contributed by atoms with Crippen LogP contribution in [-0.2, 0) is 62.8 Å². The Morgan fingerprint density at radius 3 is 0.518 bits per heavy atom. The molecule has 438 valence electrons. The second-order valence-corrected chi connectivity index (χ2v) is 32.1. The number of aromatic nitrogens is 4. The normalized spacial score (nSPS) is 14.1. The van der Waals surface area contributed by atoms with Gasteiger partial charge in [0, 0.05) is 0 Å². The average molecular weight is 1190 g/mol. The summed E-state index contributed by atoms with van der Waals surface area (Å²) in [6.07, 6.45) is 0. The van der Waals surface area contributed by atoms with Gasteiger partial charge in [0.1, 0.15) is 22.8 Å². The number of fused-ring (bicyclic) bond motifs is 8. The minimum absolute atomic E-state index is 0. The van der Waals surface area contributed by atoms with Gasteiger partial charge in [-0.05, 0) is 132 Å². The molecule has 7 aromatic rings. The molecule has 0 spiro atoms. The van der Waals surface area contributed by atoms with Crippen LogP contribution in [0.25, 0.3) is 66.6 Å². The molecule has 2 aliphatic rings. The van der Waals surface area contributed by atoms with Crippen LogP contribution in [0.4, 0.5) is 0 Å². The first kappa shape index (κ1) is 64.3. The Morgan fingerprint density at radius 1 is 0.247 bits per heavy atom. The molecule has 0 aliphatic carbocycles. The van der Waals surface area contributed by atoms with Crippen LogP contribution >= 0.6 is 0 Å². The zero-order valence-electron chi connectivity index (χ0n) is 55.4. The SMILES string of the molecule is CC(C)(C)c1cc(-c2c3nc(c(-c4cc(C(C)(C)C)cc(C(C)(C)C)c4)c4ccc([n-]4)c(-c4cc(C(C)(C)C)cc(C(C)(C)C)c4)c4nc(c(-c5cc(C(C)(C)C)cc(C(C)(C)C)c5)c5ccc2[n-]5)C(=O)C4=O)C(=O)C3=O)cc(C(C)(C)C)c1.[Zn+2]. The van der Waals surface area contributed by atoms with E-state index in [4.69, 9.17) is 19.9 Å². The molecule has 3 aromatic heterocycles. The van der Waals surface area contributed by atoms with E-state index in [2.05, 4.69) is 239 Å². The van der Waals surface area contributed by atoms with Crippen molar-refractivity contribution >= 4 is 45.2 Å². The van der Waals surface area contributed by atoms with Crippen LogP contribution < -0.4 is 9.97 Å². The molecule has 0 radical (unpaired) electrons. The minimum atomic E-state index is -0.766. The van der Waals surface area contributed by atoms with E-state index >= 15 is 19.2 Å². The van der Waals surface area contributed by atoms with Gasteiger partial charge < -0.3 is 9.97 Å². The second-order valence-electron chi connectivity index (χ2n) is 32.1. The van der Waals surface area contributed by atoms with Crippen LogP contribution in [0.1, 0.15) is 253 Å². The number of Topliss-reactive ketones (excluding diaryl/α,β-unsaturated/α-hetero) is 4. The first-order valence-corrected chi connectivity index (χ1v) is 29.9. The van der Waals surface area contributed by atoms with Crippen LogP contribution in [0.3, 0.4) is 0 Å². The Kier molecular flexibility index (Phi) is 16.1. The largest absolute Gasteiger partial charge is 2.00 e. The minimum Gasteiger partial charge on any atom is -0.657 e. The summed E-state index contributed by atoms with van der Waals surface area (Å²) in [6.45, 7) is 51.8. The number of hydrogen-bond acceptors (Lipinski definition) is 6. The van der Waals surface area contributed by atoms with Crippen LogP contribution in [0, 0.1) is 0 Å². The van der Waals surface area contributed by atoms with Crippen LogP contribution in [0.5, 0.6) is 0 Å². The standard InChI is InChI=1S/C76H90N4O4.Zn/c1-69(2,3)45-29-41(30-46(37-45)70(4,5)6)57-53-25-26-54(77-53)58(42-31-47(71(7,8)9)38-48(32-42)72(10,11)12)63-67(83)68(84)64(80-63)60(44-35-51(75(19,20)21)40-52(36-44)76(22,23)24)56-28-27-55(78-56)59(62-66(82)65(81)61(57)79-62)43-33-49(73(13,14)15)39-50(34-43)74(16,17)18;/h25-40H,1-24H3,(H2,77,78,79,80,81,82,83,84);/q;+2/p-2. The maximum atomic E-state index is 15.6. The summed E-state index contributed by atoms with van der Waals surface area (Å²) in [5, 5.41) is 0. The van der Waals surface area contributed by atoms with E-state index in [1.54, 1.807) is 0 Å². The van der Waals surface area contributed by atoms with Crippen molar-refractivity contribution in [3.05, 3.63) is 164 Å². The zero-order chi connectivity index (χ0) is 62.3. The van der Waals surface area contributed by atoms with Crippen molar-refractivity contribution in [2.75, 3.05) is 0 Å². The van der Waals surface area contributed by atoms with Crippen molar-refractivity contribution in [2.45, 2.75) is 209 Å². The van der Waals surface area contributed by atoms with Crippen molar-refractivity contribution < 1.29 is 38.7 Å². The summed E-state index contributed by atoms with van der Waals surface area (Å²) in [5.41, 5.74) is 11.0. The topological polar surface area (TPSA) is 122 Å². The molecule has 9 heteroatoms. The van der Waals surface area contributed by atoms with Gasteiger partial charge in [-0.2, -0.15) is 0 Å². The number of benzene rings is 4. The average Bonchev–Trinajstić information content (AvgIpc) is 1.76. The Balaban J connectivity index is 0.00000940. The van der Waals surface area contributed by atoms with Gasteiger partial charge >= 0.3 is 19.5 Å². The number of carbonyl (C=O) groups is 4. The van der Waals surface area contributed by atoms with Gasteiger partial charge in [-0.15, -0.1) is 22.1 Å². The molecule has 0 saturated carbocycles. The fourth-order valence-electron chi connectivity index (χ4n) is 11.0. The van der Waals surface area contributed by atoms with Gasteiger partial charge in [-0.1, -0.05) is 263 Å². The monoisotopic (exact) mass is 1180 g/mol. The molecule has 0 fully saturated rings. The smallest absolute Gasteiger partial charge is 0.657 e. The van der Waals surface area contributed by atoms with Gasteiger partial charge in [0.05, 0.1) is 0 Å². The van der Waals surface area contributed by atoms with E-state index in [0.717, 1.165) is 44.5 Å². The Morgan fingerprint density at radius 2 is 0.388 bits per heavy atom. The van der Waals surface area contributed by atoms with Gasteiger partial charge in [-0.25, -0.2) is 9.97 Å². The van der Waals surface area contributed by atoms with Crippen LogP contribution in [0.2, 0.25) is 0 Å². The Bertz CT molecular complexity index is 3450. The Labute approximate surface area is 519 Å². The van der Waals surface area contributed by atoms with E-state index in [1.165, 1.54) is 0 Å². The maximum Gasteiger partial charge on any atom is 2.00 e. The maximum absolute atomic E-state index is 15.6. The van der Waals surface area contributed by atoms with E-state index in [1.807, 2.05) is 24.3 Å². The Hall–Kier alpha value is -6.70. The first-order chi connectivity index (χ1) is 38.3. The summed E-state index contributed by atoms with van der Waals surface area (Å²) in [7, 11) is 0. The third kappa shape index (κ3) is 12.5. The van der Waals surface area contributed by atoms with Crippen molar-refractivity contribution in [3.63, 3.8) is 0 Å². The molecule has 0 saturated heterocycles. The molecule has 0 unspecified atom stereocenters. The van der Waals surface area contributed by atoms with Gasteiger partial charge in [0.15, 0.2) is 0 Å². The third-order valence-corrected chi connectivity index (χ3v) is 16.8. The fourth-order valence-corrected chi connectivity index (χ4v) is 11.0. The molecule has 8 bridgehead atoms. The molecule has 85 heavy (non-hydrogen) atoms. The quantitative estimate of drug-likeness (QED) is 0.126. The zero-order valence-corrected chi connectivity index (χ0v) is 58.3. The van der Waals surface area contributed by atoms with E-state index in [0.29, 0.717) is 66.6 Å². The molecule has 9 rings (SSSR count). The van der Waals surface area contributed by atoms with Crippen LogP contribution in [-0.4, -0.2) is 33.1 Å². The van der Waals surface area contributed by atoms with Crippen molar-refractivity contribution in [1.82, 2.24) is 19.9 Å². The number of ketones is 4. The second kappa shape index (κ2) is 21.3. The molecule has 4 aromatic carbocycles. The molecule has 2 aliphatic heterocycles.